The van der Waals surface area contributed by atoms with Crippen LogP contribution in [0.3, 0.4) is 0 Å². The molecular weight excluding hydrogens is 456 g/mol. The standard InChI is InChI=1S/C28H46N4O4/c1-20(2)18-23(26(34)31-30)25(27(35)32-36)28(24(33)14-9-17-29,19-22-12-7-4-8-13-22)16-15-21-10-5-3-6-11-21/h4,7-8,12-13,20-21,23,25,36H,3,5-6,9-11,14-19,29-30H2,1-2H3,(H,31,34)(H,32,35)/t23-,25-,28?/m1/s1. The number of nitrogens with two attached hydrogens (primary N) is 2. The molecule has 1 aromatic rings. The van der Waals surface area contributed by atoms with E-state index in [0.29, 0.717) is 38.1 Å². The number of hydrogen-bond acceptors (Lipinski definition) is 6. The summed E-state index contributed by atoms with van der Waals surface area (Å²) in [4.78, 5) is 40.8. The van der Waals surface area contributed by atoms with Gasteiger partial charge in [0.1, 0.15) is 5.78 Å². The Kier molecular flexibility index (Phi) is 12.5. The van der Waals surface area contributed by atoms with Crippen molar-refractivity contribution < 1.29 is 19.6 Å². The van der Waals surface area contributed by atoms with Crippen LogP contribution in [0.1, 0.15) is 83.6 Å². The number of nitrogens with one attached hydrogen (secondary N) is 2. The number of carbonyl (C=O) groups is 3. The molecule has 8 heteroatoms. The Labute approximate surface area is 215 Å². The molecule has 0 aromatic heterocycles. The number of amides is 2. The second-order valence-electron chi connectivity index (χ2n) is 10.9. The van der Waals surface area contributed by atoms with Crippen LogP contribution in [0.4, 0.5) is 0 Å². The lowest BCUT2D eigenvalue weighted by Crippen LogP contribution is -2.55. The molecule has 3 atom stereocenters. The van der Waals surface area contributed by atoms with E-state index in [1.54, 1.807) is 5.48 Å². The highest BCUT2D eigenvalue weighted by Gasteiger charge is 2.53. The maximum Gasteiger partial charge on any atom is 0.248 e. The fourth-order valence-electron chi connectivity index (χ4n) is 6.07. The summed E-state index contributed by atoms with van der Waals surface area (Å²) in [6.07, 6.45) is 8.38. The van der Waals surface area contributed by atoms with Gasteiger partial charge in [-0.3, -0.25) is 25.0 Å². The summed E-state index contributed by atoms with van der Waals surface area (Å²) in [5.74, 6) is 2.85. The van der Waals surface area contributed by atoms with Crippen LogP contribution >= 0.6 is 0 Å². The first kappa shape index (κ1) is 29.9. The third kappa shape index (κ3) is 8.11. The summed E-state index contributed by atoms with van der Waals surface area (Å²) in [6.45, 7) is 4.27. The molecule has 202 valence electrons. The lowest BCUT2D eigenvalue weighted by molar-refractivity contribution is -0.154. The second-order valence-corrected chi connectivity index (χ2v) is 10.9. The van der Waals surface area contributed by atoms with Gasteiger partial charge in [-0.15, -0.1) is 0 Å². The Morgan fingerprint density at radius 3 is 2.31 bits per heavy atom. The highest BCUT2D eigenvalue weighted by Crippen LogP contribution is 2.46. The maximum atomic E-state index is 14.2. The SMILES string of the molecule is CC(C)C[C@@H](C(=O)NN)[C@H](C(=O)NO)C(CCC1CCCCC1)(Cc1ccccc1)C(=O)CCCN. The molecule has 2 amide bonds. The fourth-order valence-corrected chi connectivity index (χ4v) is 6.07. The van der Waals surface area contributed by atoms with Crippen LogP contribution in [0.15, 0.2) is 30.3 Å². The smallest absolute Gasteiger partial charge is 0.248 e. The summed E-state index contributed by atoms with van der Waals surface area (Å²) >= 11 is 0. The predicted molar refractivity (Wildman–Crippen MR) is 140 cm³/mol. The zero-order chi connectivity index (χ0) is 26.6. The average molecular weight is 503 g/mol. The number of Topliss-reactive ketones (excluding diaryl/α,β-unsaturated/α-hetero) is 1. The predicted octanol–water partition coefficient (Wildman–Crippen LogP) is 3.66. The summed E-state index contributed by atoms with van der Waals surface area (Å²) in [6, 6.07) is 9.61. The highest BCUT2D eigenvalue weighted by atomic mass is 16.5. The highest BCUT2D eigenvalue weighted by molar-refractivity contribution is 5.95. The van der Waals surface area contributed by atoms with Crippen LogP contribution in [0, 0.1) is 29.1 Å². The van der Waals surface area contributed by atoms with Crippen molar-refractivity contribution in [3.05, 3.63) is 35.9 Å². The number of hydroxylamine groups is 1. The molecule has 36 heavy (non-hydrogen) atoms. The van der Waals surface area contributed by atoms with E-state index in [9.17, 15) is 19.6 Å². The molecule has 1 fully saturated rings. The van der Waals surface area contributed by atoms with E-state index in [1.807, 2.05) is 44.2 Å². The molecule has 7 N–H and O–H groups in total. The summed E-state index contributed by atoms with van der Waals surface area (Å²) in [7, 11) is 0. The normalized spacial score (nSPS) is 17.7. The van der Waals surface area contributed by atoms with E-state index in [1.165, 1.54) is 19.3 Å². The minimum Gasteiger partial charge on any atom is -0.330 e. The Hall–Kier alpha value is -2.29. The third-order valence-corrected chi connectivity index (χ3v) is 7.84. The molecule has 0 heterocycles. The number of hydrazine groups is 1. The molecule has 2 rings (SSSR count). The molecular formula is C28H46N4O4. The summed E-state index contributed by atoms with van der Waals surface area (Å²) < 4.78 is 0. The molecule has 1 aliphatic rings. The first-order valence-electron chi connectivity index (χ1n) is 13.5. The van der Waals surface area contributed by atoms with Crippen LogP contribution in [0.5, 0.6) is 0 Å². The van der Waals surface area contributed by atoms with E-state index in [2.05, 4.69) is 5.43 Å². The van der Waals surface area contributed by atoms with Crippen molar-refractivity contribution in [1.82, 2.24) is 10.9 Å². The van der Waals surface area contributed by atoms with E-state index in [0.717, 1.165) is 24.8 Å². The van der Waals surface area contributed by atoms with Crippen LogP contribution < -0.4 is 22.5 Å². The van der Waals surface area contributed by atoms with Gasteiger partial charge in [0.15, 0.2) is 0 Å². The van der Waals surface area contributed by atoms with Gasteiger partial charge in [0.25, 0.3) is 0 Å². The van der Waals surface area contributed by atoms with Gasteiger partial charge in [-0.2, -0.15) is 0 Å². The van der Waals surface area contributed by atoms with Crippen LogP contribution in [0.25, 0.3) is 0 Å². The monoisotopic (exact) mass is 502 g/mol. The van der Waals surface area contributed by atoms with Gasteiger partial charge < -0.3 is 5.73 Å². The van der Waals surface area contributed by atoms with Crippen molar-refractivity contribution in [2.45, 2.75) is 84.5 Å². The number of rotatable bonds is 15. The Morgan fingerprint density at radius 1 is 1.08 bits per heavy atom. The zero-order valence-corrected chi connectivity index (χ0v) is 22.0. The summed E-state index contributed by atoms with van der Waals surface area (Å²) in [5, 5.41) is 9.85. The molecule has 1 aromatic carbocycles. The Morgan fingerprint density at radius 2 is 1.75 bits per heavy atom. The number of benzene rings is 1. The van der Waals surface area contributed by atoms with Crippen molar-refractivity contribution in [1.29, 1.82) is 0 Å². The molecule has 1 unspecified atom stereocenters. The number of ketones is 1. The lowest BCUT2D eigenvalue weighted by atomic mass is 9.58. The van der Waals surface area contributed by atoms with Gasteiger partial charge in [0.05, 0.1) is 11.8 Å². The topological polar surface area (TPSA) is 148 Å². The molecule has 0 saturated heterocycles. The first-order chi connectivity index (χ1) is 17.3. The third-order valence-electron chi connectivity index (χ3n) is 7.84. The fraction of sp³-hybridized carbons (Fsp3) is 0.679. The Bertz CT molecular complexity index is 826. The van der Waals surface area contributed by atoms with Gasteiger partial charge in [-0.1, -0.05) is 76.3 Å². The van der Waals surface area contributed by atoms with Gasteiger partial charge in [0, 0.05) is 11.8 Å². The van der Waals surface area contributed by atoms with Crippen LogP contribution in [0.2, 0.25) is 0 Å². The van der Waals surface area contributed by atoms with Crippen LogP contribution in [-0.4, -0.2) is 29.3 Å². The average Bonchev–Trinajstić information content (AvgIpc) is 2.89. The first-order valence-corrected chi connectivity index (χ1v) is 13.5. The molecule has 1 aliphatic carbocycles. The minimum absolute atomic E-state index is 0.0632. The van der Waals surface area contributed by atoms with Gasteiger partial charge in [-0.25, -0.2) is 11.3 Å². The molecule has 0 spiro atoms. The van der Waals surface area contributed by atoms with Crippen molar-refractivity contribution in [3.63, 3.8) is 0 Å². The Balaban J connectivity index is 2.68. The maximum absolute atomic E-state index is 14.2. The van der Waals surface area contributed by atoms with Crippen molar-refractivity contribution in [3.8, 4) is 0 Å². The number of carbonyl (C=O) groups excluding carboxylic acids is 3. The van der Waals surface area contributed by atoms with Gasteiger partial charge in [0.2, 0.25) is 11.8 Å². The van der Waals surface area contributed by atoms with E-state index in [4.69, 9.17) is 11.6 Å². The van der Waals surface area contributed by atoms with Crippen molar-refractivity contribution in [2.75, 3.05) is 6.54 Å². The second kappa shape index (κ2) is 15.1. The van der Waals surface area contributed by atoms with E-state index >= 15 is 0 Å². The van der Waals surface area contributed by atoms with Gasteiger partial charge in [-0.05, 0) is 56.0 Å². The van der Waals surface area contributed by atoms with Crippen molar-refractivity contribution >= 4 is 17.6 Å². The minimum atomic E-state index is -1.19. The zero-order valence-electron chi connectivity index (χ0n) is 22.0. The van der Waals surface area contributed by atoms with E-state index in [-0.39, 0.29) is 18.1 Å². The summed E-state index contributed by atoms with van der Waals surface area (Å²) in [5.41, 5.74) is 9.52. The molecule has 0 bridgehead atoms. The van der Waals surface area contributed by atoms with Crippen molar-refractivity contribution in [2.24, 2.45) is 40.7 Å². The largest absolute Gasteiger partial charge is 0.330 e. The molecule has 0 aliphatic heterocycles. The lowest BCUT2D eigenvalue weighted by Gasteiger charge is -2.43. The van der Waals surface area contributed by atoms with E-state index < -0.39 is 29.1 Å². The van der Waals surface area contributed by atoms with Crippen LogP contribution in [-0.2, 0) is 20.8 Å². The molecule has 8 nitrogen and oxygen atoms in total. The van der Waals surface area contributed by atoms with Gasteiger partial charge >= 0.3 is 0 Å². The molecule has 0 radical (unpaired) electrons. The quantitative estimate of drug-likeness (QED) is 0.107. The number of hydrogen-bond donors (Lipinski definition) is 5. The molecule has 1 saturated carbocycles.